The highest BCUT2D eigenvalue weighted by molar-refractivity contribution is 5.94. The van der Waals surface area contributed by atoms with Gasteiger partial charge in [-0.05, 0) is 51.0 Å². The van der Waals surface area contributed by atoms with Crippen molar-refractivity contribution >= 4 is 28.5 Å². The molecule has 6 heteroatoms. The van der Waals surface area contributed by atoms with Gasteiger partial charge in [0.1, 0.15) is 12.4 Å². The van der Waals surface area contributed by atoms with E-state index < -0.39 is 0 Å². The first-order valence-electron chi connectivity index (χ1n) is 12.6. The number of hydrogen-bond donors (Lipinski definition) is 0. The number of hydrogen-bond acceptors (Lipinski definition) is 3. The van der Waals surface area contributed by atoms with E-state index in [2.05, 4.69) is 9.47 Å². The zero-order valence-corrected chi connectivity index (χ0v) is 20.2. The smallest absolute Gasteiger partial charge is 0.247 e. The van der Waals surface area contributed by atoms with Crippen molar-refractivity contribution < 1.29 is 9.59 Å². The van der Waals surface area contributed by atoms with Crippen LogP contribution in [0.4, 0.5) is 5.69 Å². The van der Waals surface area contributed by atoms with Crippen molar-refractivity contribution in [3.05, 3.63) is 60.4 Å². The Balaban J connectivity index is 1.46. The van der Waals surface area contributed by atoms with Gasteiger partial charge < -0.3 is 14.4 Å². The van der Waals surface area contributed by atoms with Gasteiger partial charge in [-0.1, -0.05) is 49.6 Å². The molecule has 1 atom stereocenters. The molecule has 1 aliphatic carbocycles. The molecule has 2 fully saturated rings. The van der Waals surface area contributed by atoms with Crippen LogP contribution in [0.15, 0.2) is 54.6 Å². The zero-order valence-electron chi connectivity index (χ0n) is 20.2. The van der Waals surface area contributed by atoms with Crippen LogP contribution in [0.5, 0.6) is 0 Å². The largest absolute Gasteiger partial charge is 0.339 e. The van der Waals surface area contributed by atoms with Gasteiger partial charge in [0, 0.05) is 36.7 Å². The second-order valence-corrected chi connectivity index (χ2v) is 9.98. The summed E-state index contributed by atoms with van der Waals surface area (Å²) in [4.78, 5) is 35.5. The number of amides is 2. The van der Waals surface area contributed by atoms with Crippen LogP contribution in [0.3, 0.4) is 0 Å². The summed E-state index contributed by atoms with van der Waals surface area (Å²) < 4.78 is 2.05. The number of nitrogens with zero attached hydrogens (tertiary/aromatic N) is 4. The van der Waals surface area contributed by atoms with Crippen LogP contribution >= 0.6 is 0 Å². The van der Waals surface area contributed by atoms with Gasteiger partial charge in [0.2, 0.25) is 11.8 Å². The molecule has 0 spiro atoms. The molecule has 0 N–H and O–H groups in total. The number of imidazole rings is 1. The molecule has 2 amide bonds. The van der Waals surface area contributed by atoms with Crippen molar-refractivity contribution in [2.45, 2.75) is 76.9 Å². The average Bonchev–Trinajstić information content (AvgIpc) is 3.41. The van der Waals surface area contributed by atoms with Crippen molar-refractivity contribution in [2.75, 3.05) is 11.4 Å². The van der Waals surface area contributed by atoms with E-state index in [9.17, 15) is 9.59 Å². The minimum atomic E-state index is 0.0128. The molecule has 2 heterocycles. The zero-order chi connectivity index (χ0) is 23.7. The Labute approximate surface area is 201 Å². The maximum atomic E-state index is 13.6. The molecule has 1 saturated carbocycles. The first-order chi connectivity index (χ1) is 16.5. The number of anilines is 1. The van der Waals surface area contributed by atoms with Crippen molar-refractivity contribution in [3.8, 4) is 0 Å². The molecule has 1 aromatic heterocycles. The van der Waals surface area contributed by atoms with E-state index in [4.69, 9.17) is 4.98 Å². The third kappa shape index (κ3) is 4.33. The fraction of sp³-hybridized carbons (Fsp3) is 0.464. The van der Waals surface area contributed by atoms with Gasteiger partial charge >= 0.3 is 0 Å². The lowest BCUT2D eigenvalue weighted by atomic mass is 9.94. The van der Waals surface area contributed by atoms with E-state index in [1.54, 1.807) is 0 Å². The summed E-state index contributed by atoms with van der Waals surface area (Å²) in [6.07, 6.45) is 6.36. The third-order valence-corrected chi connectivity index (χ3v) is 7.34. The number of aromatic nitrogens is 2. The van der Waals surface area contributed by atoms with Crippen LogP contribution in [-0.2, 0) is 16.1 Å². The molecule has 2 aliphatic rings. The van der Waals surface area contributed by atoms with Gasteiger partial charge in [0.05, 0.1) is 11.0 Å². The lowest BCUT2D eigenvalue weighted by molar-refractivity contribution is -0.130. The molecular weight excluding hydrogens is 424 g/mol. The van der Waals surface area contributed by atoms with Gasteiger partial charge in [-0.3, -0.25) is 9.59 Å². The first-order valence-corrected chi connectivity index (χ1v) is 12.6. The number of likely N-dealkylation sites (tertiary alicyclic amines) is 1. The molecule has 5 rings (SSSR count). The number of fused-ring (bicyclic) bond motifs is 1. The Morgan fingerprint density at radius 1 is 1.03 bits per heavy atom. The van der Waals surface area contributed by atoms with Gasteiger partial charge in [0.25, 0.3) is 0 Å². The lowest BCUT2D eigenvalue weighted by Crippen LogP contribution is -2.39. The fourth-order valence-corrected chi connectivity index (χ4v) is 5.75. The standard InChI is InChI=1S/C28H34N4O2/c1-20(2)32(23-13-7-4-8-14-23)27(34)19-31-25-16-10-9-15-24(25)29-28(31)21-17-26(33)30(18-21)22-11-5-3-6-12-22/h4,7-10,13-16,20-22H,3,5-6,11-12,17-19H2,1-2H3. The molecule has 3 aromatic rings. The second-order valence-electron chi connectivity index (χ2n) is 9.98. The Morgan fingerprint density at radius 3 is 2.47 bits per heavy atom. The molecule has 1 aliphatic heterocycles. The Bertz CT molecular complexity index is 1160. The summed E-state index contributed by atoms with van der Waals surface area (Å²) in [5, 5.41) is 0. The summed E-state index contributed by atoms with van der Waals surface area (Å²) in [6, 6.07) is 18.2. The van der Waals surface area contributed by atoms with Crippen LogP contribution in [0.25, 0.3) is 11.0 Å². The predicted molar refractivity (Wildman–Crippen MR) is 135 cm³/mol. The highest BCUT2D eigenvalue weighted by Crippen LogP contribution is 2.34. The number of carbonyl (C=O) groups is 2. The maximum absolute atomic E-state index is 13.6. The topological polar surface area (TPSA) is 58.4 Å². The number of para-hydroxylation sites is 3. The number of carbonyl (C=O) groups excluding carboxylic acids is 2. The van der Waals surface area contributed by atoms with Crippen molar-refractivity contribution in [1.82, 2.24) is 14.5 Å². The molecule has 34 heavy (non-hydrogen) atoms. The van der Waals surface area contributed by atoms with Gasteiger partial charge in [-0.15, -0.1) is 0 Å². The molecule has 1 unspecified atom stereocenters. The predicted octanol–water partition coefficient (Wildman–Crippen LogP) is 5.13. The van der Waals surface area contributed by atoms with Crippen LogP contribution < -0.4 is 4.90 Å². The molecular formula is C28H34N4O2. The summed E-state index contributed by atoms with van der Waals surface area (Å²) in [7, 11) is 0. The van der Waals surface area contributed by atoms with E-state index in [1.165, 1.54) is 19.3 Å². The summed E-state index contributed by atoms with van der Waals surface area (Å²) in [6.45, 7) is 4.98. The van der Waals surface area contributed by atoms with Gasteiger partial charge in [0.15, 0.2) is 0 Å². The minimum absolute atomic E-state index is 0.0128. The normalized spacial score (nSPS) is 19.3. The molecule has 0 bridgehead atoms. The molecule has 178 valence electrons. The van der Waals surface area contributed by atoms with Crippen LogP contribution in [0, 0.1) is 0 Å². The van der Waals surface area contributed by atoms with E-state index in [-0.39, 0.29) is 30.3 Å². The first kappa shape index (κ1) is 22.6. The number of rotatable bonds is 6. The SMILES string of the molecule is CC(C)N(C(=O)Cn1c(C2CC(=O)N(C3CCCCC3)C2)nc2ccccc21)c1ccccc1. The van der Waals surface area contributed by atoms with Crippen molar-refractivity contribution in [3.63, 3.8) is 0 Å². The lowest BCUT2D eigenvalue weighted by Gasteiger charge is -2.31. The van der Waals surface area contributed by atoms with Crippen LogP contribution in [0.2, 0.25) is 0 Å². The van der Waals surface area contributed by atoms with Crippen LogP contribution in [0.1, 0.15) is 64.1 Å². The summed E-state index contributed by atoms with van der Waals surface area (Å²) in [5.41, 5.74) is 2.73. The Kier molecular flexibility index (Phi) is 6.40. The van der Waals surface area contributed by atoms with E-state index in [0.29, 0.717) is 19.0 Å². The Morgan fingerprint density at radius 2 is 1.74 bits per heavy atom. The van der Waals surface area contributed by atoms with E-state index in [1.807, 2.05) is 73.3 Å². The van der Waals surface area contributed by atoms with Gasteiger partial charge in [-0.25, -0.2) is 4.98 Å². The average molecular weight is 459 g/mol. The number of benzene rings is 2. The highest BCUT2D eigenvalue weighted by atomic mass is 16.2. The fourth-order valence-electron chi connectivity index (χ4n) is 5.75. The minimum Gasteiger partial charge on any atom is -0.339 e. The summed E-state index contributed by atoms with van der Waals surface area (Å²) in [5.74, 6) is 1.13. The molecule has 6 nitrogen and oxygen atoms in total. The summed E-state index contributed by atoms with van der Waals surface area (Å²) >= 11 is 0. The monoisotopic (exact) mass is 458 g/mol. The van der Waals surface area contributed by atoms with Crippen molar-refractivity contribution in [2.24, 2.45) is 0 Å². The highest BCUT2D eigenvalue weighted by Gasteiger charge is 2.38. The maximum Gasteiger partial charge on any atom is 0.247 e. The van der Waals surface area contributed by atoms with Crippen molar-refractivity contribution in [1.29, 1.82) is 0 Å². The van der Waals surface area contributed by atoms with E-state index >= 15 is 0 Å². The molecule has 0 radical (unpaired) electrons. The second kappa shape index (κ2) is 9.61. The Hall–Kier alpha value is -3.15. The van der Waals surface area contributed by atoms with E-state index in [0.717, 1.165) is 35.4 Å². The third-order valence-electron chi connectivity index (χ3n) is 7.34. The van der Waals surface area contributed by atoms with Gasteiger partial charge in [-0.2, -0.15) is 0 Å². The molecule has 1 saturated heterocycles. The molecule has 2 aromatic carbocycles. The van der Waals surface area contributed by atoms with Crippen LogP contribution in [-0.4, -0.2) is 44.9 Å². The quantitative estimate of drug-likeness (QED) is 0.515.